The molecule has 0 aliphatic heterocycles. The molecule has 0 spiro atoms. The van der Waals surface area contributed by atoms with E-state index in [4.69, 9.17) is 5.11 Å². The average molecular weight is 243 g/mol. The predicted molar refractivity (Wildman–Crippen MR) is 64.3 cm³/mol. The molecule has 0 saturated heterocycles. The van der Waals surface area contributed by atoms with Crippen LogP contribution in [0.2, 0.25) is 0 Å². The van der Waals surface area contributed by atoms with Crippen molar-refractivity contribution < 1.29 is 13.9 Å². The fourth-order valence-electron chi connectivity index (χ4n) is 1.78. The lowest BCUT2D eigenvalue weighted by Gasteiger charge is -2.22. The summed E-state index contributed by atoms with van der Waals surface area (Å²) >= 11 is 0. The normalized spacial score (nSPS) is 11.5. The predicted octanol–water partition coefficient (Wildman–Crippen LogP) is 2.36. The number of alkyl halides is 2. The van der Waals surface area contributed by atoms with E-state index in [1.807, 2.05) is 32.0 Å². The lowest BCUT2D eigenvalue weighted by Crippen LogP contribution is -2.31. The molecule has 0 heterocycles. The molecule has 0 aliphatic carbocycles. The van der Waals surface area contributed by atoms with E-state index >= 15 is 0 Å². The van der Waals surface area contributed by atoms with Crippen molar-refractivity contribution in [1.29, 1.82) is 0 Å². The van der Waals surface area contributed by atoms with Gasteiger partial charge in [0.25, 0.3) is 6.43 Å². The minimum absolute atomic E-state index is 0.0996. The third kappa shape index (κ3) is 4.79. The summed E-state index contributed by atoms with van der Waals surface area (Å²) in [5.41, 5.74) is 3.25. The van der Waals surface area contributed by atoms with Gasteiger partial charge in [0.2, 0.25) is 0 Å². The van der Waals surface area contributed by atoms with Crippen molar-refractivity contribution >= 4 is 0 Å². The summed E-state index contributed by atoms with van der Waals surface area (Å²) in [5, 5.41) is 8.86. The third-order valence-electron chi connectivity index (χ3n) is 2.71. The number of hydrogen-bond donors (Lipinski definition) is 1. The number of nitrogens with zero attached hydrogens (tertiary/aromatic N) is 1. The van der Waals surface area contributed by atoms with Crippen molar-refractivity contribution in [2.75, 3.05) is 19.7 Å². The average Bonchev–Trinajstić information content (AvgIpc) is 2.23. The molecule has 1 aromatic carbocycles. The Morgan fingerprint density at radius 2 is 2.00 bits per heavy atom. The van der Waals surface area contributed by atoms with Gasteiger partial charge in [-0.25, -0.2) is 8.78 Å². The molecule has 0 radical (unpaired) electrons. The fourth-order valence-corrected chi connectivity index (χ4v) is 1.78. The summed E-state index contributed by atoms with van der Waals surface area (Å²) in [6.45, 7) is 4.28. The van der Waals surface area contributed by atoms with Crippen LogP contribution in [0.5, 0.6) is 0 Å². The number of hydrogen-bond acceptors (Lipinski definition) is 2. The van der Waals surface area contributed by atoms with Crippen molar-refractivity contribution in [3.8, 4) is 0 Å². The first-order valence-electron chi connectivity index (χ1n) is 5.70. The van der Waals surface area contributed by atoms with Gasteiger partial charge in [-0.1, -0.05) is 23.8 Å². The number of aryl methyl sites for hydroxylation is 2. The molecular formula is C13H19F2NO. The Balaban J connectivity index is 2.74. The van der Waals surface area contributed by atoms with Crippen LogP contribution in [0, 0.1) is 13.8 Å². The van der Waals surface area contributed by atoms with Crippen molar-refractivity contribution in [2.45, 2.75) is 26.8 Å². The molecule has 0 bridgehead atoms. The zero-order chi connectivity index (χ0) is 12.8. The largest absolute Gasteiger partial charge is 0.395 e. The molecule has 0 amide bonds. The van der Waals surface area contributed by atoms with E-state index in [2.05, 4.69) is 0 Å². The molecule has 96 valence electrons. The molecule has 0 atom stereocenters. The SMILES string of the molecule is Cc1ccc(C)c(CN(CCO)CC(F)F)c1. The Bertz CT molecular complexity index is 355. The van der Waals surface area contributed by atoms with Gasteiger partial charge >= 0.3 is 0 Å². The van der Waals surface area contributed by atoms with Gasteiger partial charge in [-0.15, -0.1) is 0 Å². The summed E-state index contributed by atoms with van der Waals surface area (Å²) in [6, 6.07) is 6.00. The zero-order valence-corrected chi connectivity index (χ0v) is 10.3. The highest BCUT2D eigenvalue weighted by Gasteiger charge is 2.13. The molecule has 1 rings (SSSR count). The molecular weight excluding hydrogens is 224 g/mol. The smallest absolute Gasteiger partial charge is 0.251 e. The minimum Gasteiger partial charge on any atom is -0.395 e. The molecule has 4 heteroatoms. The molecule has 0 aliphatic rings. The molecule has 0 aromatic heterocycles. The third-order valence-corrected chi connectivity index (χ3v) is 2.71. The summed E-state index contributed by atoms with van der Waals surface area (Å²) < 4.78 is 24.7. The number of rotatable bonds is 6. The van der Waals surface area contributed by atoms with E-state index in [1.165, 1.54) is 0 Å². The van der Waals surface area contributed by atoms with E-state index in [-0.39, 0.29) is 19.7 Å². The Morgan fingerprint density at radius 3 is 2.59 bits per heavy atom. The van der Waals surface area contributed by atoms with Gasteiger partial charge in [0, 0.05) is 13.1 Å². The van der Waals surface area contributed by atoms with Gasteiger partial charge in [-0.3, -0.25) is 4.90 Å². The summed E-state index contributed by atoms with van der Waals surface area (Å²) in [7, 11) is 0. The number of benzene rings is 1. The topological polar surface area (TPSA) is 23.5 Å². The molecule has 1 aromatic rings. The van der Waals surface area contributed by atoms with Gasteiger partial charge in [-0.05, 0) is 25.0 Å². The summed E-state index contributed by atoms with van der Waals surface area (Å²) in [5.74, 6) is 0. The fraction of sp³-hybridized carbons (Fsp3) is 0.538. The number of aliphatic hydroxyl groups excluding tert-OH is 1. The molecule has 0 fully saturated rings. The van der Waals surface area contributed by atoms with Crippen LogP contribution in [0.15, 0.2) is 18.2 Å². The maximum absolute atomic E-state index is 12.4. The van der Waals surface area contributed by atoms with Crippen LogP contribution in [0.3, 0.4) is 0 Å². The van der Waals surface area contributed by atoms with Gasteiger partial charge in [0.1, 0.15) is 0 Å². The van der Waals surface area contributed by atoms with Gasteiger partial charge in [0.15, 0.2) is 0 Å². The maximum atomic E-state index is 12.4. The quantitative estimate of drug-likeness (QED) is 0.829. The Morgan fingerprint density at radius 1 is 1.29 bits per heavy atom. The van der Waals surface area contributed by atoms with Gasteiger partial charge < -0.3 is 5.11 Å². The summed E-state index contributed by atoms with van der Waals surface area (Å²) in [6.07, 6.45) is -2.37. The van der Waals surface area contributed by atoms with Gasteiger partial charge in [-0.2, -0.15) is 0 Å². The first-order chi connectivity index (χ1) is 8.02. The highest BCUT2D eigenvalue weighted by molar-refractivity contribution is 5.30. The van der Waals surface area contributed by atoms with Crippen LogP contribution in [0.4, 0.5) is 8.78 Å². The van der Waals surface area contributed by atoms with E-state index in [9.17, 15) is 8.78 Å². The Labute approximate surface area is 101 Å². The first-order valence-corrected chi connectivity index (χ1v) is 5.70. The molecule has 1 N–H and O–H groups in total. The van der Waals surface area contributed by atoms with E-state index < -0.39 is 6.43 Å². The van der Waals surface area contributed by atoms with Crippen LogP contribution in [0.1, 0.15) is 16.7 Å². The molecule has 17 heavy (non-hydrogen) atoms. The zero-order valence-electron chi connectivity index (χ0n) is 10.3. The van der Waals surface area contributed by atoms with E-state index in [0.29, 0.717) is 6.54 Å². The maximum Gasteiger partial charge on any atom is 0.251 e. The molecule has 0 saturated carbocycles. The van der Waals surface area contributed by atoms with Crippen molar-refractivity contribution in [3.05, 3.63) is 34.9 Å². The molecule has 0 unspecified atom stereocenters. The lowest BCUT2D eigenvalue weighted by atomic mass is 10.1. The Hall–Kier alpha value is -1.00. The van der Waals surface area contributed by atoms with Gasteiger partial charge in [0.05, 0.1) is 13.2 Å². The first kappa shape index (κ1) is 14.1. The minimum atomic E-state index is -2.37. The molecule has 2 nitrogen and oxygen atoms in total. The number of halogens is 2. The van der Waals surface area contributed by atoms with Crippen LogP contribution >= 0.6 is 0 Å². The second-order valence-corrected chi connectivity index (χ2v) is 4.28. The second-order valence-electron chi connectivity index (χ2n) is 4.28. The van der Waals surface area contributed by atoms with E-state index in [0.717, 1.165) is 16.7 Å². The highest BCUT2D eigenvalue weighted by atomic mass is 19.3. The van der Waals surface area contributed by atoms with Crippen LogP contribution in [-0.2, 0) is 6.54 Å². The van der Waals surface area contributed by atoms with Crippen LogP contribution < -0.4 is 0 Å². The second kappa shape index (κ2) is 6.67. The number of aliphatic hydroxyl groups is 1. The monoisotopic (exact) mass is 243 g/mol. The lowest BCUT2D eigenvalue weighted by molar-refractivity contribution is 0.0745. The van der Waals surface area contributed by atoms with E-state index in [1.54, 1.807) is 4.90 Å². The van der Waals surface area contributed by atoms with Crippen LogP contribution in [0.25, 0.3) is 0 Å². The standard InChI is InChI=1S/C13H19F2NO/c1-10-3-4-11(2)12(7-10)8-16(5-6-17)9-13(14)15/h3-4,7,13,17H,5-6,8-9H2,1-2H3. The van der Waals surface area contributed by atoms with Crippen molar-refractivity contribution in [3.63, 3.8) is 0 Å². The highest BCUT2D eigenvalue weighted by Crippen LogP contribution is 2.14. The summed E-state index contributed by atoms with van der Waals surface area (Å²) in [4.78, 5) is 1.58. The Kier molecular flexibility index (Phi) is 5.51. The van der Waals surface area contributed by atoms with Crippen molar-refractivity contribution in [2.24, 2.45) is 0 Å². The van der Waals surface area contributed by atoms with Crippen LogP contribution in [-0.4, -0.2) is 36.1 Å². The van der Waals surface area contributed by atoms with Crippen molar-refractivity contribution in [1.82, 2.24) is 4.90 Å².